The van der Waals surface area contributed by atoms with Gasteiger partial charge in [0.1, 0.15) is 11.7 Å². The Labute approximate surface area is 161 Å². The molecule has 27 heavy (non-hydrogen) atoms. The van der Waals surface area contributed by atoms with Crippen LogP contribution in [0.5, 0.6) is 0 Å². The Morgan fingerprint density at radius 2 is 2.15 bits per heavy atom. The second-order valence-electron chi connectivity index (χ2n) is 6.20. The molecule has 6 nitrogen and oxygen atoms in total. The number of fused-ring (bicyclic) bond motifs is 1. The average molecular weight is 399 g/mol. The van der Waals surface area contributed by atoms with Gasteiger partial charge >= 0.3 is 0 Å². The molecule has 1 aromatic carbocycles. The molecule has 136 valence electrons. The molecule has 0 bridgehead atoms. The fourth-order valence-electron chi connectivity index (χ4n) is 3.23. The van der Waals surface area contributed by atoms with E-state index in [1.165, 1.54) is 22.5 Å². The zero-order chi connectivity index (χ0) is 19.0. The maximum absolute atomic E-state index is 12.9. The maximum atomic E-state index is 12.9. The molecule has 0 spiro atoms. The molecule has 3 heterocycles. The van der Waals surface area contributed by atoms with Gasteiger partial charge in [-0.3, -0.25) is 0 Å². The lowest BCUT2D eigenvalue weighted by molar-refractivity contribution is 0.441. The number of benzene rings is 1. The molecule has 1 N–H and O–H groups in total. The molecule has 0 amide bonds. The molecular weight excluding hydrogens is 384 g/mol. The maximum Gasteiger partial charge on any atom is 0.243 e. The van der Waals surface area contributed by atoms with Gasteiger partial charge in [0.15, 0.2) is 0 Å². The molecule has 0 atom stereocenters. The number of hydrogen-bond acceptors (Lipinski definition) is 4. The Kier molecular flexibility index (Phi) is 4.48. The van der Waals surface area contributed by atoms with Crippen molar-refractivity contribution in [1.82, 2.24) is 14.3 Å². The summed E-state index contributed by atoms with van der Waals surface area (Å²) < 4.78 is 27.2. The van der Waals surface area contributed by atoms with Crippen LogP contribution in [0.1, 0.15) is 17.5 Å². The number of aromatic nitrogens is 2. The first kappa shape index (κ1) is 17.7. The van der Waals surface area contributed by atoms with Gasteiger partial charge in [-0.15, -0.1) is 0 Å². The summed E-state index contributed by atoms with van der Waals surface area (Å²) in [5.74, 6) is 0. The van der Waals surface area contributed by atoms with Crippen molar-refractivity contribution in [2.24, 2.45) is 0 Å². The summed E-state index contributed by atoms with van der Waals surface area (Å²) in [5.41, 5.74) is 3.22. The van der Waals surface area contributed by atoms with Crippen molar-refractivity contribution in [3.8, 4) is 6.07 Å². The van der Waals surface area contributed by atoms with E-state index in [1.54, 1.807) is 6.20 Å². The van der Waals surface area contributed by atoms with Crippen molar-refractivity contribution >= 4 is 38.2 Å². The van der Waals surface area contributed by atoms with E-state index in [4.69, 9.17) is 16.9 Å². The van der Waals surface area contributed by atoms with Crippen LogP contribution in [0.25, 0.3) is 16.6 Å². The minimum Gasteiger partial charge on any atom is -0.346 e. The summed E-state index contributed by atoms with van der Waals surface area (Å²) in [6, 6.07) is 10.00. The van der Waals surface area contributed by atoms with Gasteiger partial charge in [0.05, 0.1) is 15.5 Å². The third kappa shape index (κ3) is 3.12. The van der Waals surface area contributed by atoms with Crippen molar-refractivity contribution in [3.05, 3.63) is 65.0 Å². The number of nitrogens with one attached hydrogen (secondary N) is 1. The lowest BCUT2D eigenvalue weighted by atomic mass is 10.0. The number of H-pyrrole nitrogens is 1. The predicted molar refractivity (Wildman–Crippen MR) is 104 cm³/mol. The number of nitriles is 1. The Hall–Kier alpha value is -2.66. The topological polar surface area (TPSA) is 89.9 Å². The number of hydrogen-bond donors (Lipinski definition) is 1. The minimum atomic E-state index is -3.67. The van der Waals surface area contributed by atoms with Gasteiger partial charge in [-0.25, -0.2) is 13.4 Å². The average Bonchev–Trinajstić information content (AvgIpc) is 3.12. The molecule has 0 radical (unpaired) electrons. The van der Waals surface area contributed by atoms with Gasteiger partial charge in [0.25, 0.3) is 0 Å². The largest absolute Gasteiger partial charge is 0.346 e. The first-order valence-corrected chi connectivity index (χ1v) is 10.1. The van der Waals surface area contributed by atoms with Crippen LogP contribution in [-0.4, -0.2) is 35.8 Å². The molecule has 0 saturated heterocycles. The molecule has 0 fully saturated rings. The Balaban J connectivity index is 1.61. The van der Waals surface area contributed by atoms with Gasteiger partial charge < -0.3 is 4.98 Å². The summed E-state index contributed by atoms with van der Waals surface area (Å²) in [6.07, 6.45) is 6.18. The van der Waals surface area contributed by atoms with Crippen LogP contribution in [-0.2, 0) is 10.0 Å². The number of halogens is 1. The number of sulfonamides is 1. The predicted octanol–water partition coefficient (Wildman–Crippen LogP) is 3.57. The van der Waals surface area contributed by atoms with Crippen molar-refractivity contribution < 1.29 is 8.42 Å². The molecule has 1 aliphatic heterocycles. The van der Waals surface area contributed by atoms with Crippen LogP contribution in [0.4, 0.5) is 0 Å². The van der Waals surface area contributed by atoms with Crippen molar-refractivity contribution in [2.75, 3.05) is 13.1 Å². The first-order chi connectivity index (χ1) is 13.0. The van der Waals surface area contributed by atoms with Crippen molar-refractivity contribution in [3.63, 3.8) is 0 Å². The second-order valence-corrected chi connectivity index (χ2v) is 8.54. The first-order valence-electron chi connectivity index (χ1n) is 8.32. The quantitative estimate of drug-likeness (QED) is 0.730. The fraction of sp³-hybridized carbons (Fsp3) is 0.158. The highest BCUT2D eigenvalue weighted by molar-refractivity contribution is 7.89. The molecule has 1 aliphatic rings. The van der Waals surface area contributed by atoms with E-state index in [-0.39, 0.29) is 22.0 Å². The molecule has 0 unspecified atom stereocenters. The van der Waals surface area contributed by atoms with Crippen LogP contribution in [0.3, 0.4) is 0 Å². The van der Waals surface area contributed by atoms with Crippen LogP contribution >= 0.6 is 11.6 Å². The lowest BCUT2D eigenvalue weighted by Gasteiger charge is -2.26. The lowest BCUT2D eigenvalue weighted by Crippen LogP contribution is -2.34. The molecular formula is C19H15ClN4O2S. The van der Waals surface area contributed by atoms with Crippen LogP contribution in [0.15, 0.2) is 53.7 Å². The summed E-state index contributed by atoms with van der Waals surface area (Å²) >= 11 is 5.99. The van der Waals surface area contributed by atoms with Crippen LogP contribution < -0.4 is 0 Å². The molecule has 0 aliphatic carbocycles. The van der Waals surface area contributed by atoms with E-state index in [1.807, 2.05) is 30.5 Å². The smallest absolute Gasteiger partial charge is 0.243 e. The van der Waals surface area contributed by atoms with E-state index >= 15 is 0 Å². The van der Waals surface area contributed by atoms with Crippen molar-refractivity contribution in [1.29, 1.82) is 5.26 Å². The highest BCUT2D eigenvalue weighted by atomic mass is 35.5. The van der Waals surface area contributed by atoms with Gasteiger partial charge in [0.2, 0.25) is 10.0 Å². The second kappa shape index (κ2) is 6.82. The monoisotopic (exact) mass is 398 g/mol. The van der Waals surface area contributed by atoms with E-state index in [0.717, 1.165) is 22.2 Å². The molecule has 0 saturated carbocycles. The zero-order valence-electron chi connectivity index (χ0n) is 14.2. The van der Waals surface area contributed by atoms with Gasteiger partial charge in [-0.05, 0) is 42.3 Å². The Morgan fingerprint density at radius 3 is 2.85 bits per heavy atom. The number of rotatable bonds is 3. The highest BCUT2D eigenvalue weighted by Gasteiger charge is 2.27. The SMILES string of the molecule is N#Cc1ccc(S(=O)(=O)N2CC=C(c3c[nH]c4ncccc34)CC2)cc1Cl. The van der Waals surface area contributed by atoms with E-state index in [2.05, 4.69) is 9.97 Å². The summed E-state index contributed by atoms with van der Waals surface area (Å²) in [7, 11) is -3.67. The fourth-order valence-corrected chi connectivity index (χ4v) is 4.93. The number of nitrogens with zero attached hydrogens (tertiary/aromatic N) is 3. The van der Waals surface area contributed by atoms with E-state index in [0.29, 0.717) is 13.0 Å². The minimum absolute atomic E-state index is 0.0969. The summed E-state index contributed by atoms with van der Waals surface area (Å²) in [6.45, 7) is 0.654. The Bertz CT molecular complexity index is 1210. The molecule has 4 rings (SSSR count). The zero-order valence-corrected chi connectivity index (χ0v) is 15.8. The third-order valence-corrected chi connectivity index (χ3v) is 6.84. The Morgan fingerprint density at radius 1 is 1.30 bits per heavy atom. The van der Waals surface area contributed by atoms with Crippen molar-refractivity contribution in [2.45, 2.75) is 11.3 Å². The summed E-state index contributed by atoms with van der Waals surface area (Å²) in [4.78, 5) is 7.53. The van der Waals surface area contributed by atoms with Crippen LogP contribution in [0.2, 0.25) is 5.02 Å². The number of pyridine rings is 1. The number of aromatic amines is 1. The van der Waals surface area contributed by atoms with Gasteiger partial charge in [0, 0.05) is 36.4 Å². The van der Waals surface area contributed by atoms with E-state index < -0.39 is 10.0 Å². The van der Waals surface area contributed by atoms with Crippen LogP contribution in [0, 0.1) is 11.3 Å². The normalized spacial score (nSPS) is 15.5. The molecule has 8 heteroatoms. The summed E-state index contributed by atoms with van der Waals surface area (Å²) in [5, 5.41) is 10.1. The molecule has 2 aromatic heterocycles. The standard InChI is InChI=1S/C19H15ClN4O2S/c20-18-10-15(4-3-14(18)11-21)27(25,26)24-8-5-13(6-9-24)17-12-23-19-16(17)2-1-7-22-19/h1-5,7,10,12H,6,8-9H2,(H,22,23). The van der Waals surface area contributed by atoms with Gasteiger partial charge in [-0.2, -0.15) is 9.57 Å². The van der Waals surface area contributed by atoms with Gasteiger partial charge in [-0.1, -0.05) is 17.7 Å². The third-order valence-electron chi connectivity index (χ3n) is 4.67. The molecule has 3 aromatic rings. The highest BCUT2D eigenvalue weighted by Crippen LogP contribution is 2.31. The van der Waals surface area contributed by atoms with E-state index in [9.17, 15) is 8.42 Å².